The van der Waals surface area contributed by atoms with E-state index in [2.05, 4.69) is 16.9 Å². The standard InChI is InChI=1S/C13H20N2OS/c1-11(8-9-17-2)15-13(16)14-10-12-6-4-3-5-7-12/h3-7,11H,8-10H2,1-2H3,(H2,14,15,16). The van der Waals surface area contributed by atoms with Gasteiger partial charge in [-0.1, -0.05) is 30.3 Å². The van der Waals surface area contributed by atoms with Crippen molar-refractivity contribution in [3.63, 3.8) is 0 Å². The number of hydrogen-bond acceptors (Lipinski definition) is 2. The molecule has 0 spiro atoms. The molecule has 1 unspecified atom stereocenters. The molecule has 0 aliphatic carbocycles. The number of benzene rings is 1. The predicted octanol–water partition coefficient (Wildman–Crippen LogP) is 2.63. The molecule has 0 saturated carbocycles. The molecule has 2 N–H and O–H groups in total. The van der Waals surface area contributed by atoms with Gasteiger partial charge in [0.25, 0.3) is 0 Å². The van der Waals surface area contributed by atoms with E-state index in [1.807, 2.05) is 37.3 Å². The Balaban J connectivity index is 2.21. The first-order valence-corrected chi connectivity index (χ1v) is 7.19. The molecule has 0 heterocycles. The van der Waals surface area contributed by atoms with E-state index in [-0.39, 0.29) is 12.1 Å². The lowest BCUT2D eigenvalue weighted by molar-refractivity contribution is 0.237. The zero-order valence-corrected chi connectivity index (χ0v) is 11.2. The lowest BCUT2D eigenvalue weighted by Gasteiger charge is -2.14. The Morgan fingerprint density at radius 1 is 1.35 bits per heavy atom. The first kappa shape index (κ1) is 13.9. The van der Waals surface area contributed by atoms with Crippen LogP contribution in [0.5, 0.6) is 0 Å². The zero-order chi connectivity index (χ0) is 12.5. The van der Waals surface area contributed by atoms with Crippen molar-refractivity contribution in [3.8, 4) is 0 Å². The molecule has 1 aromatic carbocycles. The molecule has 1 aromatic rings. The van der Waals surface area contributed by atoms with Gasteiger partial charge in [0, 0.05) is 12.6 Å². The van der Waals surface area contributed by atoms with Crippen LogP contribution in [0.25, 0.3) is 0 Å². The Morgan fingerprint density at radius 2 is 2.06 bits per heavy atom. The van der Waals surface area contributed by atoms with E-state index < -0.39 is 0 Å². The van der Waals surface area contributed by atoms with Gasteiger partial charge < -0.3 is 10.6 Å². The average Bonchev–Trinajstić information content (AvgIpc) is 2.35. The van der Waals surface area contributed by atoms with E-state index >= 15 is 0 Å². The minimum atomic E-state index is -0.0949. The van der Waals surface area contributed by atoms with Crippen LogP contribution in [-0.2, 0) is 6.54 Å². The number of nitrogens with one attached hydrogen (secondary N) is 2. The summed E-state index contributed by atoms with van der Waals surface area (Å²) in [7, 11) is 0. The van der Waals surface area contributed by atoms with Crippen LogP contribution in [-0.4, -0.2) is 24.1 Å². The third-order valence-electron chi connectivity index (χ3n) is 2.43. The van der Waals surface area contributed by atoms with Crippen LogP contribution in [0.3, 0.4) is 0 Å². The van der Waals surface area contributed by atoms with Gasteiger partial charge in [0.15, 0.2) is 0 Å². The highest BCUT2D eigenvalue weighted by atomic mass is 32.2. The second-order valence-electron chi connectivity index (χ2n) is 4.00. The SMILES string of the molecule is CSCCC(C)NC(=O)NCc1ccccc1. The molecule has 0 radical (unpaired) electrons. The van der Waals surface area contributed by atoms with Crippen molar-refractivity contribution in [1.82, 2.24) is 10.6 Å². The molecule has 1 atom stereocenters. The van der Waals surface area contributed by atoms with Crippen molar-refractivity contribution in [3.05, 3.63) is 35.9 Å². The zero-order valence-electron chi connectivity index (χ0n) is 10.4. The normalized spacial score (nSPS) is 11.9. The summed E-state index contributed by atoms with van der Waals surface area (Å²) in [5.74, 6) is 1.07. The number of carbonyl (C=O) groups is 1. The Hall–Kier alpha value is -1.16. The molecule has 1 rings (SSSR count). The van der Waals surface area contributed by atoms with E-state index in [1.165, 1.54) is 0 Å². The van der Waals surface area contributed by atoms with Crippen molar-refractivity contribution < 1.29 is 4.79 Å². The lowest BCUT2D eigenvalue weighted by atomic mass is 10.2. The third-order valence-corrected chi connectivity index (χ3v) is 3.07. The van der Waals surface area contributed by atoms with E-state index in [4.69, 9.17) is 0 Å². The summed E-state index contributed by atoms with van der Waals surface area (Å²) in [6.07, 6.45) is 3.07. The van der Waals surface area contributed by atoms with E-state index in [9.17, 15) is 4.79 Å². The maximum Gasteiger partial charge on any atom is 0.315 e. The van der Waals surface area contributed by atoms with Crippen LogP contribution in [0.1, 0.15) is 18.9 Å². The predicted molar refractivity (Wildman–Crippen MR) is 74.3 cm³/mol. The topological polar surface area (TPSA) is 41.1 Å². The largest absolute Gasteiger partial charge is 0.336 e. The van der Waals surface area contributed by atoms with Gasteiger partial charge in [-0.25, -0.2) is 4.79 Å². The number of urea groups is 1. The van der Waals surface area contributed by atoms with Gasteiger partial charge in [-0.2, -0.15) is 11.8 Å². The second kappa shape index (κ2) is 8.01. The summed E-state index contributed by atoms with van der Waals surface area (Å²) in [6, 6.07) is 10.0. The van der Waals surface area contributed by atoms with E-state index in [0.717, 1.165) is 17.7 Å². The van der Waals surface area contributed by atoms with Crippen LogP contribution in [0.2, 0.25) is 0 Å². The second-order valence-corrected chi connectivity index (χ2v) is 4.98. The maximum atomic E-state index is 11.6. The summed E-state index contributed by atoms with van der Waals surface area (Å²) in [4.78, 5) is 11.6. The van der Waals surface area contributed by atoms with Crippen molar-refractivity contribution in [2.75, 3.05) is 12.0 Å². The van der Waals surface area contributed by atoms with E-state index in [0.29, 0.717) is 6.54 Å². The molecule has 0 aliphatic heterocycles. The minimum absolute atomic E-state index is 0.0949. The van der Waals surface area contributed by atoms with Crippen LogP contribution >= 0.6 is 11.8 Å². The maximum absolute atomic E-state index is 11.6. The average molecular weight is 252 g/mol. The molecule has 2 amide bonds. The van der Waals surface area contributed by atoms with Crippen LogP contribution < -0.4 is 10.6 Å². The van der Waals surface area contributed by atoms with Gasteiger partial charge in [-0.15, -0.1) is 0 Å². The van der Waals surface area contributed by atoms with Gasteiger partial charge in [0.05, 0.1) is 0 Å². The highest BCUT2D eigenvalue weighted by molar-refractivity contribution is 7.98. The molecule has 0 fully saturated rings. The monoisotopic (exact) mass is 252 g/mol. The minimum Gasteiger partial charge on any atom is -0.336 e. The third kappa shape index (κ3) is 6.22. The van der Waals surface area contributed by atoms with Crippen molar-refractivity contribution in [2.24, 2.45) is 0 Å². The molecular formula is C13H20N2OS. The van der Waals surface area contributed by atoms with Crippen LogP contribution in [0.4, 0.5) is 4.79 Å². The van der Waals surface area contributed by atoms with Gasteiger partial charge in [0.1, 0.15) is 0 Å². The Labute approximate surface area is 107 Å². The fourth-order valence-corrected chi connectivity index (χ4v) is 2.01. The summed E-state index contributed by atoms with van der Waals surface area (Å²) in [5.41, 5.74) is 1.11. The number of amides is 2. The molecule has 94 valence electrons. The van der Waals surface area contributed by atoms with E-state index in [1.54, 1.807) is 11.8 Å². The summed E-state index contributed by atoms with van der Waals surface area (Å²) < 4.78 is 0. The number of hydrogen-bond donors (Lipinski definition) is 2. The molecule has 0 aromatic heterocycles. The Bertz CT molecular complexity index is 329. The van der Waals surface area contributed by atoms with Crippen molar-refractivity contribution >= 4 is 17.8 Å². The van der Waals surface area contributed by atoms with Crippen molar-refractivity contribution in [1.29, 1.82) is 0 Å². The lowest BCUT2D eigenvalue weighted by Crippen LogP contribution is -2.40. The Kier molecular flexibility index (Phi) is 6.55. The highest BCUT2D eigenvalue weighted by Gasteiger charge is 2.05. The van der Waals surface area contributed by atoms with Gasteiger partial charge in [-0.05, 0) is 30.9 Å². The van der Waals surface area contributed by atoms with Gasteiger partial charge in [-0.3, -0.25) is 0 Å². The summed E-state index contributed by atoms with van der Waals surface area (Å²) in [5, 5.41) is 5.77. The van der Waals surface area contributed by atoms with Crippen LogP contribution in [0.15, 0.2) is 30.3 Å². The molecular weight excluding hydrogens is 232 g/mol. The molecule has 3 nitrogen and oxygen atoms in total. The summed E-state index contributed by atoms with van der Waals surface area (Å²) in [6.45, 7) is 2.60. The van der Waals surface area contributed by atoms with Gasteiger partial charge >= 0.3 is 6.03 Å². The molecule has 0 bridgehead atoms. The smallest absolute Gasteiger partial charge is 0.315 e. The molecule has 0 saturated heterocycles. The fraction of sp³-hybridized carbons (Fsp3) is 0.462. The van der Waals surface area contributed by atoms with Crippen molar-refractivity contribution in [2.45, 2.75) is 25.9 Å². The number of rotatable bonds is 6. The first-order chi connectivity index (χ1) is 8.22. The quantitative estimate of drug-likeness (QED) is 0.817. The Morgan fingerprint density at radius 3 is 2.71 bits per heavy atom. The highest BCUT2D eigenvalue weighted by Crippen LogP contribution is 2.00. The number of thioether (sulfide) groups is 1. The summed E-state index contributed by atoms with van der Waals surface area (Å²) >= 11 is 1.80. The fourth-order valence-electron chi connectivity index (χ4n) is 1.42. The number of carbonyl (C=O) groups excluding carboxylic acids is 1. The molecule has 0 aliphatic rings. The molecule has 4 heteroatoms. The van der Waals surface area contributed by atoms with Gasteiger partial charge in [0.2, 0.25) is 0 Å². The van der Waals surface area contributed by atoms with Crippen LogP contribution in [0, 0.1) is 0 Å². The first-order valence-electron chi connectivity index (χ1n) is 5.79. The molecule has 17 heavy (non-hydrogen) atoms.